The first-order chi connectivity index (χ1) is 11.6. The van der Waals surface area contributed by atoms with Gasteiger partial charge in [-0.3, -0.25) is 9.48 Å². The van der Waals surface area contributed by atoms with E-state index in [-0.39, 0.29) is 11.9 Å². The van der Waals surface area contributed by atoms with Crippen LogP contribution in [0.4, 0.5) is 5.69 Å². The van der Waals surface area contributed by atoms with E-state index in [1.165, 1.54) is 0 Å². The Kier molecular flexibility index (Phi) is 4.52. The minimum atomic E-state index is 0.0277. The van der Waals surface area contributed by atoms with Gasteiger partial charge in [0.15, 0.2) is 0 Å². The van der Waals surface area contributed by atoms with Crippen LogP contribution in [0.15, 0.2) is 36.7 Å². The predicted molar refractivity (Wildman–Crippen MR) is 91.7 cm³/mol. The molecule has 3 rings (SSSR count). The number of rotatable bonds is 3. The minimum absolute atomic E-state index is 0.0277. The van der Waals surface area contributed by atoms with Crippen LogP contribution >= 0.6 is 0 Å². The number of carbonyl (C=O) groups excluding carboxylic acids is 1. The molecule has 1 amide bonds. The van der Waals surface area contributed by atoms with Gasteiger partial charge in [0.2, 0.25) is 0 Å². The fourth-order valence-corrected chi connectivity index (χ4v) is 3.16. The lowest BCUT2D eigenvalue weighted by molar-refractivity contribution is 0.0709. The Hall–Kier alpha value is -2.81. The van der Waals surface area contributed by atoms with Crippen LogP contribution < -0.4 is 4.90 Å². The van der Waals surface area contributed by atoms with E-state index in [9.17, 15) is 4.79 Å². The van der Waals surface area contributed by atoms with Crippen molar-refractivity contribution in [3.05, 3.63) is 47.8 Å². The largest absolute Gasteiger partial charge is 0.371 e. The Labute approximate surface area is 141 Å². The Morgan fingerprint density at radius 1 is 1.29 bits per heavy atom. The first-order valence-electron chi connectivity index (χ1n) is 8.09. The highest BCUT2D eigenvalue weighted by Gasteiger charge is 2.26. The molecule has 0 aliphatic carbocycles. The van der Waals surface area contributed by atoms with Gasteiger partial charge in [0.25, 0.3) is 5.91 Å². The normalized spacial score (nSPS) is 15.1. The molecule has 0 unspecified atom stereocenters. The Morgan fingerprint density at radius 2 is 1.96 bits per heavy atom. The van der Waals surface area contributed by atoms with Gasteiger partial charge in [0, 0.05) is 45.1 Å². The highest BCUT2D eigenvalue weighted by atomic mass is 16.2. The molecule has 24 heavy (non-hydrogen) atoms. The van der Waals surface area contributed by atoms with Crippen LogP contribution in [-0.4, -0.2) is 46.8 Å². The average Bonchev–Trinajstić information content (AvgIpc) is 3.07. The maximum Gasteiger partial charge on any atom is 0.257 e. The molecule has 0 saturated carbocycles. The molecule has 0 atom stereocenters. The molecule has 2 aromatic rings. The van der Waals surface area contributed by atoms with E-state index in [0.29, 0.717) is 11.1 Å². The van der Waals surface area contributed by atoms with Crippen LogP contribution in [0, 0.1) is 11.3 Å². The van der Waals surface area contributed by atoms with Crippen molar-refractivity contribution in [3.63, 3.8) is 0 Å². The molecule has 1 saturated heterocycles. The Bertz CT molecular complexity index is 750. The molecule has 1 fully saturated rings. The van der Waals surface area contributed by atoms with Crippen LogP contribution in [0.3, 0.4) is 0 Å². The van der Waals surface area contributed by atoms with Crippen molar-refractivity contribution < 1.29 is 4.79 Å². The summed E-state index contributed by atoms with van der Waals surface area (Å²) < 4.78 is 1.65. The van der Waals surface area contributed by atoms with Gasteiger partial charge in [-0.05, 0) is 37.1 Å². The molecule has 1 aromatic carbocycles. The second kappa shape index (κ2) is 6.75. The monoisotopic (exact) mass is 323 g/mol. The number of hydrogen-bond donors (Lipinski definition) is 0. The van der Waals surface area contributed by atoms with Crippen LogP contribution in [0.1, 0.15) is 28.8 Å². The van der Waals surface area contributed by atoms with Crippen molar-refractivity contribution >= 4 is 11.6 Å². The van der Waals surface area contributed by atoms with Crippen LogP contribution in [0.25, 0.3) is 0 Å². The van der Waals surface area contributed by atoms with Crippen molar-refractivity contribution in [1.82, 2.24) is 14.7 Å². The third-order valence-electron chi connectivity index (χ3n) is 4.65. The summed E-state index contributed by atoms with van der Waals surface area (Å²) >= 11 is 0. The summed E-state index contributed by atoms with van der Waals surface area (Å²) in [7, 11) is 3.68. The minimum Gasteiger partial charge on any atom is -0.371 e. The lowest BCUT2D eigenvalue weighted by Gasteiger charge is -2.37. The van der Waals surface area contributed by atoms with Gasteiger partial charge in [-0.2, -0.15) is 10.4 Å². The Balaban J connectivity index is 1.60. The molecule has 1 aromatic heterocycles. The molecule has 0 N–H and O–H groups in total. The maximum atomic E-state index is 12.5. The fourth-order valence-electron chi connectivity index (χ4n) is 3.16. The fraction of sp³-hybridized carbons (Fsp3) is 0.389. The highest BCUT2D eigenvalue weighted by molar-refractivity contribution is 5.93. The molecule has 0 bridgehead atoms. The Morgan fingerprint density at radius 3 is 2.50 bits per heavy atom. The zero-order chi connectivity index (χ0) is 17.1. The molecule has 124 valence electrons. The van der Waals surface area contributed by atoms with Gasteiger partial charge in [-0.25, -0.2) is 0 Å². The van der Waals surface area contributed by atoms with E-state index in [1.54, 1.807) is 17.1 Å². The molecule has 2 heterocycles. The van der Waals surface area contributed by atoms with Crippen LogP contribution in [0.2, 0.25) is 0 Å². The number of piperidine rings is 1. The number of amides is 1. The van der Waals surface area contributed by atoms with Gasteiger partial charge < -0.3 is 9.80 Å². The first-order valence-corrected chi connectivity index (χ1v) is 8.09. The summed E-state index contributed by atoms with van der Waals surface area (Å²) in [6.45, 7) is 1.81. The number of benzene rings is 1. The summed E-state index contributed by atoms with van der Waals surface area (Å²) in [5.41, 5.74) is 2.44. The molecule has 6 nitrogen and oxygen atoms in total. The van der Waals surface area contributed by atoms with E-state index in [2.05, 4.69) is 16.1 Å². The second-order valence-electron chi connectivity index (χ2n) is 6.20. The van der Waals surface area contributed by atoms with Crippen molar-refractivity contribution in [3.8, 4) is 6.07 Å². The SMILES string of the molecule is CN(C(=O)c1cnn(C)c1)C1CCN(c2ccc(C#N)cc2)CC1. The predicted octanol–water partition coefficient (Wildman–Crippen LogP) is 2.03. The zero-order valence-corrected chi connectivity index (χ0v) is 14.0. The van der Waals surface area contributed by atoms with Crippen LogP contribution in [-0.2, 0) is 7.05 Å². The third-order valence-corrected chi connectivity index (χ3v) is 4.65. The standard InChI is InChI=1S/C18H21N5O/c1-21-13-15(12-20-21)18(24)22(2)16-7-9-23(10-8-16)17-5-3-14(11-19)4-6-17/h3-6,12-13,16H,7-10H2,1-2H3. The third kappa shape index (κ3) is 3.25. The molecular weight excluding hydrogens is 302 g/mol. The summed E-state index contributed by atoms with van der Waals surface area (Å²) in [5, 5.41) is 12.9. The van der Waals surface area contributed by atoms with Gasteiger partial charge in [-0.1, -0.05) is 0 Å². The smallest absolute Gasteiger partial charge is 0.257 e. The number of hydrogen-bond acceptors (Lipinski definition) is 4. The summed E-state index contributed by atoms with van der Waals surface area (Å²) in [6, 6.07) is 10.1. The summed E-state index contributed by atoms with van der Waals surface area (Å²) in [4.78, 5) is 16.7. The molecule has 1 aliphatic heterocycles. The van der Waals surface area contributed by atoms with Crippen LogP contribution in [0.5, 0.6) is 0 Å². The van der Waals surface area contributed by atoms with Gasteiger partial charge in [0.1, 0.15) is 0 Å². The maximum absolute atomic E-state index is 12.5. The number of aromatic nitrogens is 2. The molecule has 6 heteroatoms. The molecular formula is C18H21N5O. The van der Waals surface area contributed by atoms with Gasteiger partial charge in [-0.15, -0.1) is 0 Å². The average molecular weight is 323 g/mol. The summed E-state index contributed by atoms with van der Waals surface area (Å²) in [5.74, 6) is 0.0277. The molecule has 0 spiro atoms. The van der Waals surface area contributed by atoms with Crippen molar-refractivity contribution in [2.75, 3.05) is 25.0 Å². The van der Waals surface area contributed by atoms with Crippen molar-refractivity contribution in [1.29, 1.82) is 5.26 Å². The summed E-state index contributed by atoms with van der Waals surface area (Å²) in [6.07, 6.45) is 5.24. The van der Waals surface area contributed by atoms with E-state index in [1.807, 2.05) is 43.3 Å². The van der Waals surface area contributed by atoms with E-state index < -0.39 is 0 Å². The topological polar surface area (TPSA) is 65.2 Å². The number of nitriles is 1. The van der Waals surface area contributed by atoms with Crippen molar-refractivity contribution in [2.24, 2.45) is 7.05 Å². The van der Waals surface area contributed by atoms with E-state index in [4.69, 9.17) is 5.26 Å². The van der Waals surface area contributed by atoms with Crippen molar-refractivity contribution in [2.45, 2.75) is 18.9 Å². The van der Waals surface area contributed by atoms with Gasteiger partial charge in [0.05, 0.1) is 23.4 Å². The van der Waals surface area contributed by atoms with E-state index in [0.717, 1.165) is 31.6 Å². The molecule has 1 aliphatic rings. The second-order valence-corrected chi connectivity index (χ2v) is 6.20. The first kappa shape index (κ1) is 16.1. The molecule has 0 radical (unpaired) electrons. The lowest BCUT2D eigenvalue weighted by Crippen LogP contribution is -2.45. The number of nitrogens with zero attached hydrogens (tertiary/aromatic N) is 5. The zero-order valence-electron chi connectivity index (χ0n) is 14.0. The number of anilines is 1. The lowest BCUT2D eigenvalue weighted by atomic mass is 10.0. The highest BCUT2D eigenvalue weighted by Crippen LogP contribution is 2.23. The van der Waals surface area contributed by atoms with E-state index >= 15 is 0 Å². The number of aryl methyl sites for hydroxylation is 1. The number of carbonyl (C=O) groups is 1. The van der Waals surface area contributed by atoms with Gasteiger partial charge >= 0.3 is 0 Å². The quantitative estimate of drug-likeness (QED) is 0.867.